The maximum absolute atomic E-state index is 13.0. The number of unbranched alkanes of at least 4 members (excludes halogenated alkanes) is 1. The molecule has 31 heavy (non-hydrogen) atoms. The van der Waals surface area contributed by atoms with E-state index in [0.29, 0.717) is 24.2 Å². The van der Waals surface area contributed by atoms with Gasteiger partial charge in [-0.3, -0.25) is 9.59 Å². The van der Waals surface area contributed by atoms with Gasteiger partial charge in [-0.2, -0.15) is 0 Å². The number of carbonyl (C=O) groups excluding carboxylic acids is 1. The number of carbonyl (C=O) groups is 2. The number of thiophene rings is 2. The fourth-order valence-electron chi connectivity index (χ4n) is 5.00. The van der Waals surface area contributed by atoms with Gasteiger partial charge in [-0.05, 0) is 79.9 Å². The maximum atomic E-state index is 13.0. The summed E-state index contributed by atoms with van der Waals surface area (Å²) >= 11 is 5.15. The number of thioether (sulfide) groups is 1. The highest BCUT2D eigenvalue weighted by molar-refractivity contribution is 8.00. The number of nitrogens with one attached hydrogen (secondary N) is 1. The Bertz CT molecular complexity index is 905. The zero-order chi connectivity index (χ0) is 21.6. The predicted molar refractivity (Wildman–Crippen MR) is 129 cm³/mol. The number of allylic oxidation sites excluding steroid dienone is 2. The number of hydrogen-bond acceptors (Lipinski definition) is 5. The lowest BCUT2D eigenvalue weighted by molar-refractivity contribution is -0.137. The Balaban J connectivity index is 1.29. The molecule has 2 aliphatic rings. The molecule has 2 aromatic rings. The Morgan fingerprint density at radius 1 is 1.19 bits per heavy atom. The van der Waals surface area contributed by atoms with E-state index in [1.807, 2.05) is 6.07 Å². The van der Waals surface area contributed by atoms with Crippen molar-refractivity contribution in [2.75, 3.05) is 0 Å². The molecule has 0 saturated heterocycles. The number of rotatable bonds is 11. The van der Waals surface area contributed by atoms with Crippen LogP contribution >= 0.6 is 34.4 Å². The van der Waals surface area contributed by atoms with Crippen LogP contribution in [0.1, 0.15) is 59.5 Å². The Morgan fingerprint density at radius 2 is 2.06 bits per heavy atom. The lowest BCUT2D eigenvalue weighted by Crippen LogP contribution is -2.43. The minimum atomic E-state index is -0.731. The molecule has 0 radical (unpaired) electrons. The van der Waals surface area contributed by atoms with Gasteiger partial charge in [0.2, 0.25) is 0 Å². The molecule has 2 fully saturated rings. The first-order valence-electron chi connectivity index (χ1n) is 11.0. The summed E-state index contributed by atoms with van der Waals surface area (Å²) < 4.78 is 1.19. The topological polar surface area (TPSA) is 66.4 Å². The summed E-state index contributed by atoms with van der Waals surface area (Å²) in [6.45, 7) is 0. The quantitative estimate of drug-likeness (QED) is 0.223. The number of fused-ring (bicyclic) bond motifs is 2. The average molecular weight is 476 g/mol. The van der Waals surface area contributed by atoms with E-state index in [9.17, 15) is 9.59 Å². The second-order valence-electron chi connectivity index (χ2n) is 8.48. The van der Waals surface area contributed by atoms with Crippen LogP contribution in [0.2, 0.25) is 0 Å². The molecule has 4 nitrogen and oxygen atoms in total. The van der Waals surface area contributed by atoms with Gasteiger partial charge in [0.1, 0.15) is 0 Å². The molecule has 0 aromatic carbocycles. The van der Waals surface area contributed by atoms with E-state index >= 15 is 0 Å². The Labute approximate surface area is 196 Å². The molecular weight excluding hydrogens is 446 g/mol. The van der Waals surface area contributed by atoms with E-state index < -0.39 is 5.97 Å². The van der Waals surface area contributed by atoms with Crippen LogP contribution in [0.4, 0.5) is 0 Å². The first-order valence-corrected chi connectivity index (χ1v) is 13.7. The molecule has 0 spiro atoms. The summed E-state index contributed by atoms with van der Waals surface area (Å²) in [5.41, 5.74) is 0. The maximum Gasteiger partial charge on any atom is 0.303 e. The highest BCUT2D eigenvalue weighted by Crippen LogP contribution is 2.50. The second-order valence-corrected chi connectivity index (χ2v) is 11.9. The molecule has 2 N–H and O–H groups in total. The standard InChI is InChI=1S/C24H29NO3S3/c26-21(27)8-4-2-1-3-7-19-16-9-10-17(14-16)23(19)25-24(28)20-11-12-22(31-20)30-15-18-6-5-13-29-18/h1,3,5-6,11-13,16-17,19,23H,2,4,7-10,14-15H2,(H,25,28)(H,26,27)/b3-1+. The van der Waals surface area contributed by atoms with Crippen molar-refractivity contribution in [2.45, 2.75) is 60.9 Å². The molecule has 0 aliphatic heterocycles. The largest absolute Gasteiger partial charge is 0.481 e. The smallest absolute Gasteiger partial charge is 0.303 e. The summed E-state index contributed by atoms with van der Waals surface area (Å²) in [6, 6.07) is 8.51. The van der Waals surface area contributed by atoms with Crippen LogP contribution in [0.5, 0.6) is 0 Å². The molecule has 1 amide bonds. The SMILES string of the molecule is O=C(O)CCC/C=C/CC1C2CCC(C2)C1NC(=O)c1ccc(SCc2cccs2)s1. The Hall–Kier alpha value is -1.57. The van der Waals surface area contributed by atoms with E-state index in [4.69, 9.17) is 5.11 Å². The third-order valence-electron chi connectivity index (χ3n) is 6.46. The normalized spacial score (nSPS) is 24.8. The Morgan fingerprint density at radius 3 is 2.87 bits per heavy atom. The third kappa shape index (κ3) is 6.02. The first kappa shape index (κ1) is 22.6. The van der Waals surface area contributed by atoms with Crippen molar-refractivity contribution in [3.05, 3.63) is 51.6 Å². The van der Waals surface area contributed by atoms with Crippen molar-refractivity contribution in [2.24, 2.45) is 17.8 Å². The molecule has 4 unspecified atom stereocenters. The summed E-state index contributed by atoms with van der Waals surface area (Å²) in [5.74, 6) is 2.11. The van der Waals surface area contributed by atoms with Crippen molar-refractivity contribution >= 4 is 46.3 Å². The van der Waals surface area contributed by atoms with Crippen LogP contribution in [0.3, 0.4) is 0 Å². The molecule has 2 aromatic heterocycles. The van der Waals surface area contributed by atoms with Gasteiger partial charge in [0.25, 0.3) is 5.91 Å². The van der Waals surface area contributed by atoms with Crippen LogP contribution in [0, 0.1) is 17.8 Å². The van der Waals surface area contributed by atoms with Gasteiger partial charge in [0.15, 0.2) is 0 Å². The summed E-state index contributed by atoms with van der Waals surface area (Å²) in [7, 11) is 0. The van der Waals surface area contributed by atoms with E-state index in [1.165, 1.54) is 28.3 Å². The minimum absolute atomic E-state index is 0.0703. The Kier molecular flexibility index (Phi) is 7.91. The van der Waals surface area contributed by atoms with Crippen molar-refractivity contribution < 1.29 is 14.7 Å². The zero-order valence-corrected chi connectivity index (χ0v) is 19.9. The van der Waals surface area contributed by atoms with Crippen molar-refractivity contribution in [1.29, 1.82) is 0 Å². The lowest BCUT2D eigenvalue weighted by Gasteiger charge is -2.31. The van der Waals surface area contributed by atoms with Crippen LogP contribution in [0.25, 0.3) is 0 Å². The molecule has 7 heteroatoms. The number of hydrogen-bond donors (Lipinski definition) is 2. The van der Waals surface area contributed by atoms with Crippen LogP contribution in [-0.4, -0.2) is 23.0 Å². The molecule has 2 aliphatic carbocycles. The molecular formula is C24H29NO3S3. The summed E-state index contributed by atoms with van der Waals surface area (Å²) in [4.78, 5) is 25.7. The summed E-state index contributed by atoms with van der Waals surface area (Å²) in [6.07, 6.45) is 10.8. The molecule has 166 valence electrons. The molecule has 2 heterocycles. The van der Waals surface area contributed by atoms with E-state index in [1.54, 1.807) is 34.4 Å². The fourth-order valence-corrected chi connectivity index (χ4v) is 7.80. The molecule has 4 rings (SSSR count). The third-order valence-corrected chi connectivity index (χ3v) is 9.88. The molecule has 2 saturated carbocycles. The van der Waals surface area contributed by atoms with Crippen molar-refractivity contribution in [3.8, 4) is 0 Å². The van der Waals surface area contributed by atoms with Gasteiger partial charge in [-0.25, -0.2) is 0 Å². The van der Waals surface area contributed by atoms with Gasteiger partial charge in [-0.15, -0.1) is 34.4 Å². The van der Waals surface area contributed by atoms with Crippen LogP contribution in [0.15, 0.2) is 46.0 Å². The van der Waals surface area contributed by atoms with Crippen molar-refractivity contribution in [1.82, 2.24) is 5.32 Å². The minimum Gasteiger partial charge on any atom is -0.481 e. The summed E-state index contributed by atoms with van der Waals surface area (Å²) in [5, 5.41) is 14.2. The van der Waals surface area contributed by atoms with Gasteiger partial charge in [-0.1, -0.05) is 18.2 Å². The van der Waals surface area contributed by atoms with Gasteiger partial charge in [0.05, 0.1) is 9.09 Å². The van der Waals surface area contributed by atoms with E-state index in [-0.39, 0.29) is 18.4 Å². The van der Waals surface area contributed by atoms with Crippen molar-refractivity contribution in [3.63, 3.8) is 0 Å². The number of carboxylic acids is 1. The predicted octanol–water partition coefficient (Wildman–Crippen LogP) is 6.45. The van der Waals surface area contributed by atoms with E-state index in [0.717, 1.165) is 23.5 Å². The number of aliphatic carboxylic acids is 1. The molecule has 4 atom stereocenters. The zero-order valence-electron chi connectivity index (χ0n) is 17.5. The average Bonchev–Trinajstić information content (AvgIpc) is 3.54. The highest BCUT2D eigenvalue weighted by Gasteiger charge is 2.47. The van der Waals surface area contributed by atoms with Crippen LogP contribution < -0.4 is 5.32 Å². The fraction of sp³-hybridized carbons (Fsp3) is 0.500. The van der Waals surface area contributed by atoms with Gasteiger partial charge < -0.3 is 10.4 Å². The highest BCUT2D eigenvalue weighted by atomic mass is 32.2. The van der Waals surface area contributed by atoms with Crippen LogP contribution in [-0.2, 0) is 10.5 Å². The monoisotopic (exact) mass is 475 g/mol. The number of amides is 1. The van der Waals surface area contributed by atoms with E-state index in [2.05, 4.69) is 41.0 Å². The lowest BCUT2D eigenvalue weighted by atomic mass is 9.82. The first-order chi connectivity index (χ1) is 15.1. The second kappa shape index (κ2) is 10.8. The van der Waals surface area contributed by atoms with Gasteiger partial charge >= 0.3 is 5.97 Å². The van der Waals surface area contributed by atoms with Gasteiger partial charge in [0, 0.05) is 23.1 Å². The number of carboxylic acid groups (broad SMARTS) is 1. The molecule has 2 bridgehead atoms.